The van der Waals surface area contributed by atoms with Crippen LogP contribution in [0.4, 0.5) is 0 Å². The third-order valence-corrected chi connectivity index (χ3v) is 3.11. The standard InChI is InChI=1S/C15H20N2O4/c1-16-8-7-13-17-9-12(21-13)10-5-6-11(18-2)15(20-4)14(10)19-3/h5-6,9,16H,7-8H2,1-4H3. The van der Waals surface area contributed by atoms with Gasteiger partial charge in [0.1, 0.15) is 0 Å². The molecule has 0 aliphatic heterocycles. The minimum atomic E-state index is 0.533. The van der Waals surface area contributed by atoms with E-state index in [1.165, 1.54) is 0 Å². The van der Waals surface area contributed by atoms with Crippen LogP contribution in [0.25, 0.3) is 11.3 Å². The SMILES string of the molecule is CNCCc1ncc(-c2ccc(OC)c(OC)c2OC)o1. The summed E-state index contributed by atoms with van der Waals surface area (Å²) < 4.78 is 21.8. The van der Waals surface area contributed by atoms with Crippen LogP contribution < -0.4 is 19.5 Å². The molecule has 21 heavy (non-hydrogen) atoms. The molecule has 1 aromatic carbocycles. The fraction of sp³-hybridized carbons (Fsp3) is 0.400. The summed E-state index contributed by atoms with van der Waals surface area (Å²) in [5, 5.41) is 3.06. The molecular weight excluding hydrogens is 272 g/mol. The number of aromatic nitrogens is 1. The molecule has 0 aliphatic rings. The fourth-order valence-electron chi connectivity index (χ4n) is 2.08. The van der Waals surface area contributed by atoms with E-state index in [2.05, 4.69) is 10.3 Å². The van der Waals surface area contributed by atoms with Crippen molar-refractivity contribution >= 4 is 0 Å². The van der Waals surface area contributed by atoms with Gasteiger partial charge in [-0.05, 0) is 19.2 Å². The van der Waals surface area contributed by atoms with Crippen LogP contribution in [0.15, 0.2) is 22.7 Å². The normalized spacial score (nSPS) is 10.5. The number of hydrogen-bond acceptors (Lipinski definition) is 6. The summed E-state index contributed by atoms with van der Waals surface area (Å²) in [7, 11) is 6.63. The predicted molar refractivity (Wildman–Crippen MR) is 79.2 cm³/mol. The van der Waals surface area contributed by atoms with Crippen LogP contribution in [0.5, 0.6) is 17.2 Å². The molecule has 0 aliphatic carbocycles. The van der Waals surface area contributed by atoms with Crippen LogP contribution in [0.3, 0.4) is 0 Å². The smallest absolute Gasteiger partial charge is 0.204 e. The molecule has 0 bridgehead atoms. The Morgan fingerprint density at radius 3 is 2.48 bits per heavy atom. The Morgan fingerprint density at radius 2 is 1.86 bits per heavy atom. The van der Waals surface area contributed by atoms with Gasteiger partial charge < -0.3 is 23.9 Å². The van der Waals surface area contributed by atoms with Crippen molar-refractivity contribution in [1.29, 1.82) is 0 Å². The van der Waals surface area contributed by atoms with E-state index in [1.54, 1.807) is 27.5 Å². The van der Waals surface area contributed by atoms with Crippen molar-refractivity contribution in [3.05, 3.63) is 24.2 Å². The number of ether oxygens (including phenoxy) is 3. The fourth-order valence-corrected chi connectivity index (χ4v) is 2.08. The third-order valence-electron chi connectivity index (χ3n) is 3.11. The summed E-state index contributed by atoms with van der Waals surface area (Å²) in [6.45, 7) is 0.809. The van der Waals surface area contributed by atoms with Crippen LogP contribution >= 0.6 is 0 Å². The number of oxazole rings is 1. The number of benzene rings is 1. The van der Waals surface area contributed by atoms with Crippen molar-refractivity contribution in [2.24, 2.45) is 0 Å². The Morgan fingerprint density at radius 1 is 1.10 bits per heavy atom. The van der Waals surface area contributed by atoms with Gasteiger partial charge in [0, 0.05) is 13.0 Å². The third kappa shape index (κ3) is 3.11. The van der Waals surface area contributed by atoms with E-state index in [4.69, 9.17) is 18.6 Å². The number of likely N-dealkylation sites (N-methyl/N-ethyl adjacent to an activating group) is 1. The van der Waals surface area contributed by atoms with Crippen molar-refractivity contribution in [3.63, 3.8) is 0 Å². The summed E-state index contributed by atoms with van der Waals surface area (Å²) in [6, 6.07) is 3.68. The summed E-state index contributed by atoms with van der Waals surface area (Å²) in [5.74, 6) is 3.02. The van der Waals surface area contributed by atoms with E-state index >= 15 is 0 Å². The Bertz CT molecular complexity index is 595. The van der Waals surface area contributed by atoms with Gasteiger partial charge in [-0.2, -0.15) is 0 Å². The monoisotopic (exact) mass is 292 g/mol. The average molecular weight is 292 g/mol. The molecule has 6 heteroatoms. The molecule has 0 amide bonds. The van der Waals surface area contributed by atoms with Gasteiger partial charge in [-0.25, -0.2) is 4.98 Å². The highest BCUT2D eigenvalue weighted by atomic mass is 16.5. The van der Waals surface area contributed by atoms with E-state index in [-0.39, 0.29) is 0 Å². The van der Waals surface area contributed by atoms with E-state index < -0.39 is 0 Å². The maximum Gasteiger partial charge on any atom is 0.204 e. The van der Waals surface area contributed by atoms with Crippen molar-refractivity contribution < 1.29 is 18.6 Å². The zero-order valence-electron chi connectivity index (χ0n) is 12.7. The summed E-state index contributed by atoms with van der Waals surface area (Å²) in [6.07, 6.45) is 2.42. The number of nitrogens with one attached hydrogen (secondary N) is 1. The van der Waals surface area contributed by atoms with Gasteiger partial charge in [0.05, 0.1) is 33.1 Å². The quantitative estimate of drug-likeness (QED) is 0.843. The molecule has 0 unspecified atom stereocenters. The highest BCUT2D eigenvalue weighted by molar-refractivity contribution is 5.72. The second kappa shape index (κ2) is 6.99. The first-order chi connectivity index (χ1) is 10.2. The second-order valence-electron chi connectivity index (χ2n) is 4.35. The van der Waals surface area contributed by atoms with Crippen molar-refractivity contribution in [2.75, 3.05) is 34.9 Å². The number of nitrogens with zero attached hydrogens (tertiary/aromatic N) is 1. The van der Waals surface area contributed by atoms with Crippen LogP contribution in [-0.4, -0.2) is 39.9 Å². The Hall–Kier alpha value is -2.21. The van der Waals surface area contributed by atoms with E-state index in [0.717, 1.165) is 18.5 Å². The number of rotatable bonds is 7. The largest absolute Gasteiger partial charge is 0.493 e. The summed E-state index contributed by atoms with van der Waals surface area (Å²) in [4.78, 5) is 4.27. The lowest BCUT2D eigenvalue weighted by atomic mass is 10.1. The van der Waals surface area contributed by atoms with Crippen LogP contribution in [0.1, 0.15) is 5.89 Å². The van der Waals surface area contributed by atoms with E-state index in [1.807, 2.05) is 19.2 Å². The lowest BCUT2D eigenvalue weighted by molar-refractivity contribution is 0.324. The molecular formula is C15H20N2O4. The molecule has 114 valence electrons. The average Bonchev–Trinajstić information content (AvgIpc) is 2.99. The van der Waals surface area contributed by atoms with Crippen LogP contribution in [0, 0.1) is 0 Å². The highest BCUT2D eigenvalue weighted by Gasteiger charge is 2.19. The van der Waals surface area contributed by atoms with Gasteiger partial charge >= 0.3 is 0 Å². The maximum atomic E-state index is 5.76. The van der Waals surface area contributed by atoms with Gasteiger partial charge in [-0.3, -0.25) is 0 Å². The minimum Gasteiger partial charge on any atom is -0.493 e. The first kappa shape index (κ1) is 15.2. The van der Waals surface area contributed by atoms with Gasteiger partial charge in [-0.15, -0.1) is 0 Å². The van der Waals surface area contributed by atoms with Crippen LogP contribution in [0.2, 0.25) is 0 Å². The molecule has 2 aromatic rings. The van der Waals surface area contributed by atoms with Gasteiger partial charge in [0.25, 0.3) is 0 Å². The van der Waals surface area contributed by atoms with Crippen molar-refractivity contribution in [3.8, 4) is 28.6 Å². The molecule has 1 heterocycles. The number of methoxy groups -OCH3 is 3. The Labute approximate surface area is 124 Å². The van der Waals surface area contributed by atoms with E-state index in [9.17, 15) is 0 Å². The molecule has 0 saturated carbocycles. The van der Waals surface area contributed by atoms with Crippen molar-refractivity contribution in [1.82, 2.24) is 10.3 Å². The van der Waals surface area contributed by atoms with Crippen molar-refractivity contribution in [2.45, 2.75) is 6.42 Å². The molecule has 1 aromatic heterocycles. The van der Waals surface area contributed by atoms with Crippen LogP contribution in [-0.2, 0) is 6.42 Å². The lowest BCUT2D eigenvalue weighted by Crippen LogP contribution is -2.10. The first-order valence-electron chi connectivity index (χ1n) is 6.63. The zero-order chi connectivity index (χ0) is 15.2. The molecule has 2 rings (SSSR count). The molecule has 0 saturated heterocycles. The molecule has 0 fully saturated rings. The molecule has 0 radical (unpaired) electrons. The zero-order valence-corrected chi connectivity index (χ0v) is 12.7. The molecule has 6 nitrogen and oxygen atoms in total. The predicted octanol–water partition coefficient (Wildman–Crippen LogP) is 2.13. The highest BCUT2D eigenvalue weighted by Crippen LogP contribution is 2.44. The first-order valence-corrected chi connectivity index (χ1v) is 6.63. The van der Waals surface area contributed by atoms with Gasteiger partial charge in [0.15, 0.2) is 23.1 Å². The van der Waals surface area contributed by atoms with Gasteiger partial charge in [-0.1, -0.05) is 0 Å². The number of hydrogen-bond donors (Lipinski definition) is 1. The summed E-state index contributed by atoms with van der Waals surface area (Å²) in [5.41, 5.74) is 0.776. The topological polar surface area (TPSA) is 65.8 Å². The Balaban J connectivity index is 2.41. The minimum absolute atomic E-state index is 0.533. The summed E-state index contributed by atoms with van der Waals surface area (Å²) >= 11 is 0. The van der Waals surface area contributed by atoms with E-state index in [0.29, 0.717) is 28.9 Å². The Kier molecular flexibility index (Phi) is 5.05. The van der Waals surface area contributed by atoms with Gasteiger partial charge in [0.2, 0.25) is 5.75 Å². The molecule has 0 spiro atoms. The maximum absolute atomic E-state index is 5.76. The molecule has 0 atom stereocenters. The molecule has 1 N–H and O–H groups in total. The second-order valence-corrected chi connectivity index (χ2v) is 4.35. The lowest BCUT2D eigenvalue weighted by Gasteiger charge is -2.14.